The highest BCUT2D eigenvalue weighted by Crippen LogP contribution is 2.55. The topological polar surface area (TPSA) is 16.3 Å². The molecule has 2 heterocycles. The molecule has 0 fully saturated rings. The summed E-state index contributed by atoms with van der Waals surface area (Å²) in [5.41, 5.74) is 35.7. The standard InChI is InChI=1S/C110H78N4/c1-109(2)100-37-17-15-35-92(100)93-57-54-89(69-102(93)109)111(88-53-44-71-22-11-12-24-79(71)64-88)86-49-40-72(41-50-86)75-26-19-29-78(62-75)82-48-61-107-99(67-82)96-56-45-83(68-108(96)114(107)85-32-9-6-10-33-85)80-46-59-101-97(65-80)94-58-55-90(70-103(94)110(101,3)4)112(104-39-21-25-74-23-13-14-34-91(74)104)87-51-42-73(43-52-87)76-27-20-28-77(63-76)81-47-60-106-98(66-81)95-36-16-18-38-105(95)113(106)84-30-7-5-8-31-84/h5-70H,1-4H3. The SMILES string of the molecule is CC1(C)c2ccccc2-c2ccc(N(c3ccc(-c4cccc(-c5ccc6c(c5)c5ccc(-c7ccc8c(c7)-c7ccc(N(c9ccc(-c%10cccc(-c%11ccc%12c(c%11)c%11ccccc%11n%12-c%11ccccc%11)c%10)cc9)c9cccc%10ccccc9%10)cc7C8(C)C)cc5n6-c5ccccc5)c4)cc3)c3ccc4ccccc4c3)cc21. The zero-order valence-electron chi connectivity index (χ0n) is 63.9. The molecule has 0 saturated heterocycles. The lowest BCUT2D eigenvalue weighted by atomic mass is 9.82. The first-order chi connectivity index (χ1) is 56.0. The van der Waals surface area contributed by atoms with Crippen molar-refractivity contribution in [2.45, 2.75) is 38.5 Å². The number of nitrogens with zero attached hydrogens (tertiary/aromatic N) is 4. The molecule has 0 radical (unpaired) electrons. The largest absolute Gasteiger partial charge is 0.310 e. The van der Waals surface area contributed by atoms with Crippen LogP contribution in [0.3, 0.4) is 0 Å². The van der Waals surface area contributed by atoms with Crippen LogP contribution < -0.4 is 9.80 Å². The Morgan fingerprint density at radius 3 is 1.25 bits per heavy atom. The van der Waals surface area contributed by atoms with Gasteiger partial charge in [0, 0.05) is 77.6 Å². The average Bonchev–Trinajstić information content (AvgIpc) is 1.46. The van der Waals surface area contributed by atoms with E-state index >= 15 is 0 Å². The quantitative estimate of drug-likeness (QED) is 0.114. The van der Waals surface area contributed by atoms with Gasteiger partial charge in [-0.2, -0.15) is 0 Å². The van der Waals surface area contributed by atoms with E-state index in [0.717, 1.165) is 56.6 Å². The lowest BCUT2D eigenvalue weighted by Gasteiger charge is -2.29. The first-order valence-electron chi connectivity index (χ1n) is 39.8. The van der Waals surface area contributed by atoms with Gasteiger partial charge in [0.1, 0.15) is 0 Å². The van der Waals surface area contributed by atoms with E-state index in [-0.39, 0.29) is 10.8 Å². The van der Waals surface area contributed by atoms with Crippen molar-refractivity contribution in [2.75, 3.05) is 9.80 Å². The molecule has 4 heteroatoms. The first-order valence-corrected chi connectivity index (χ1v) is 39.8. The van der Waals surface area contributed by atoms with E-state index in [1.54, 1.807) is 0 Å². The van der Waals surface area contributed by atoms with Crippen molar-refractivity contribution in [1.29, 1.82) is 0 Å². The van der Waals surface area contributed by atoms with E-state index < -0.39 is 0 Å². The second kappa shape index (κ2) is 26.2. The minimum Gasteiger partial charge on any atom is -0.310 e. The molecular weight excluding hydrogens is 1380 g/mol. The van der Waals surface area contributed by atoms with E-state index in [0.29, 0.717) is 0 Å². The number of hydrogen-bond donors (Lipinski definition) is 0. The van der Waals surface area contributed by atoms with Gasteiger partial charge in [0.25, 0.3) is 0 Å². The third kappa shape index (κ3) is 10.8. The van der Waals surface area contributed by atoms with Gasteiger partial charge in [0.05, 0.1) is 27.8 Å². The highest BCUT2D eigenvalue weighted by molar-refractivity contribution is 6.13. The molecule has 0 aliphatic heterocycles. The maximum atomic E-state index is 2.46. The molecule has 538 valence electrons. The van der Waals surface area contributed by atoms with E-state index in [2.05, 4.69) is 447 Å². The van der Waals surface area contributed by atoms with Crippen molar-refractivity contribution in [2.24, 2.45) is 0 Å². The van der Waals surface area contributed by atoms with Crippen LogP contribution >= 0.6 is 0 Å². The molecule has 0 N–H and O–H groups in total. The number of anilines is 6. The lowest BCUT2D eigenvalue weighted by molar-refractivity contribution is 0.660. The molecule has 0 unspecified atom stereocenters. The third-order valence-corrected chi connectivity index (χ3v) is 24.9. The fourth-order valence-corrected chi connectivity index (χ4v) is 19.1. The molecule has 18 aromatic carbocycles. The molecule has 22 rings (SSSR count). The van der Waals surface area contributed by atoms with Crippen molar-refractivity contribution in [1.82, 2.24) is 9.13 Å². The minimum absolute atomic E-state index is 0.127. The molecule has 4 nitrogen and oxygen atoms in total. The molecule has 0 saturated carbocycles. The van der Waals surface area contributed by atoms with Crippen molar-refractivity contribution < 1.29 is 0 Å². The van der Waals surface area contributed by atoms with Gasteiger partial charge < -0.3 is 18.9 Å². The normalized spacial score (nSPS) is 13.1. The summed E-state index contributed by atoms with van der Waals surface area (Å²) in [6.07, 6.45) is 0. The van der Waals surface area contributed by atoms with Crippen molar-refractivity contribution in [3.63, 3.8) is 0 Å². The average molecular weight is 1460 g/mol. The summed E-state index contributed by atoms with van der Waals surface area (Å²) in [7, 11) is 0. The highest BCUT2D eigenvalue weighted by atomic mass is 15.1. The van der Waals surface area contributed by atoms with Crippen LogP contribution in [0.5, 0.6) is 0 Å². The lowest BCUT2D eigenvalue weighted by Crippen LogP contribution is -2.16. The first kappa shape index (κ1) is 66.6. The molecule has 2 aromatic heterocycles. The van der Waals surface area contributed by atoms with E-state index in [1.807, 2.05) is 0 Å². The molecule has 0 amide bonds. The van der Waals surface area contributed by atoms with Crippen LogP contribution in [0, 0.1) is 0 Å². The van der Waals surface area contributed by atoms with Crippen LogP contribution in [0.1, 0.15) is 49.9 Å². The second-order valence-corrected chi connectivity index (χ2v) is 32.0. The zero-order chi connectivity index (χ0) is 75.9. The van der Waals surface area contributed by atoms with Crippen molar-refractivity contribution in [3.8, 4) is 89.3 Å². The van der Waals surface area contributed by atoms with Crippen LogP contribution in [0.4, 0.5) is 34.1 Å². The van der Waals surface area contributed by atoms with Gasteiger partial charge in [0.2, 0.25) is 0 Å². The molecule has 2 aliphatic rings. The monoisotopic (exact) mass is 1450 g/mol. The Hall–Kier alpha value is -14.3. The van der Waals surface area contributed by atoms with E-state index in [1.165, 1.54) is 154 Å². The number of benzene rings is 18. The summed E-state index contributed by atoms with van der Waals surface area (Å²) in [6.45, 7) is 9.52. The summed E-state index contributed by atoms with van der Waals surface area (Å²) in [4.78, 5) is 4.89. The zero-order valence-corrected chi connectivity index (χ0v) is 63.9. The maximum absolute atomic E-state index is 2.46. The van der Waals surface area contributed by atoms with Crippen LogP contribution in [0.15, 0.2) is 400 Å². The molecule has 20 aromatic rings. The summed E-state index contributed by atoms with van der Waals surface area (Å²) < 4.78 is 4.83. The van der Waals surface area contributed by atoms with Gasteiger partial charge in [-0.05, 0) is 262 Å². The highest BCUT2D eigenvalue weighted by Gasteiger charge is 2.38. The summed E-state index contributed by atoms with van der Waals surface area (Å²) >= 11 is 0. The maximum Gasteiger partial charge on any atom is 0.0547 e. The number of hydrogen-bond acceptors (Lipinski definition) is 2. The molecule has 2 aliphatic carbocycles. The van der Waals surface area contributed by atoms with Gasteiger partial charge in [-0.1, -0.05) is 282 Å². The van der Waals surface area contributed by atoms with Gasteiger partial charge in [0.15, 0.2) is 0 Å². The Bertz CT molecular complexity index is 7270. The third-order valence-electron chi connectivity index (χ3n) is 24.9. The predicted octanol–water partition coefficient (Wildman–Crippen LogP) is 30.1. The molecule has 0 spiro atoms. The Morgan fingerprint density at radius 2 is 0.596 bits per heavy atom. The summed E-state index contributed by atoms with van der Waals surface area (Å²) in [5.74, 6) is 0. The smallest absolute Gasteiger partial charge is 0.0547 e. The van der Waals surface area contributed by atoms with Gasteiger partial charge >= 0.3 is 0 Å². The van der Waals surface area contributed by atoms with Crippen LogP contribution in [-0.4, -0.2) is 9.13 Å². The number of para-hydroxylation sites is 3. The van der Waals surface area contributed by atoms with Gasteiger partial charge in [-0.3, -0.25) is 0 Å². The second-order valence-electron chi connectivity index (χ2n) is 32.0. The number of fused-ring (bicyclic) bond motifs is 14. The van der Waals surface area contributed by atoms with Crippen LogP contribution in [0.2, 0.25) is 0 Å². The number of aromatic nitrogens is 2. The molecular formula is C110H78N4. The number of rotatable bonds is 13. The van der Waals surface area contributed by atoms with E-state index in [4.69, 9.17) is 0 Å². The summed E-state index contributed by atoms with van der Waals surface area (Å²) in [6, 6.07) is 149. The molecule has 114 heavy (non-hydrogen) atoms. The molecule has 0 bridgehead atoms. The van der Waals surface area contributed by atoms with Crippen molar-refractivity contribution >= 4 is 99.3 Å². The summed E-state index contributed by atoms with van der Waals surface area (Å²) in [5, 5.41) is 9.77. The molecule has 0 atom stereocenters. The Labute approximate surface area is 664 Å². The minimum atomic E-state index is -0.274. The van der Waals surface area contributed by atoms with Crippen molar-refractivity contribution in [3.05, 3.63) is 423 Å². The van der Waals surface area contributed by atoms with Gasteiger partial charge in [-0.15, -0.1) is 0 Å². The van der Waals surface area contributed by atoms with Crippen LogP contribution in [-0.2, 0) is 10.8 Å². The van der Waals surface area contributed by atoms with E-state index in [9.17, 15) is 0 Å². The van der Waals surface area contributed by atoms with Gasteiger partial charge in [-0.25, -0.2) is 0 Å². The Balaban J connectivity index is 0.577. The van der Waals surface area contributed by atoms with Crippen LogP contribution in [0.25, 0.3) is 154 Å². The fraction of sp³-hybridized carbons (Fsp3) is 0.0545. The predicted molar refractivity (Wildman–Crippen MR) is 482 cm³/mol. The Kier molecular flexibility index (Phi) is 15.3. The fourth-order valence-electron chi connectivity index (χ4n) is 19.1. The Morgan fingerprint density at radius 1 is 0.193 bits per heavy atom.